The minimum Gasteiger partial charge on any atom is -0.478 e. The summed E-state index contributed by atoms with van der Waals surface area (Å²) in [6, 6.07) is 0.714. The summed E-state index contributed by atoms with van der Waals surface area (Å²) in [6.45, 7) is 2.03. The first-order valence-electron chi connectivity index (χ1n) is 6.09. The van der Waals surface area contributed by atoms with Gasteiger partial charge in [-0.3, -0.25) is 4.79 Å². The smallest absolute Gasteiger partial charge is 0.339 e. The Morgan fingerprint density at radius 1 is 1.55 bits per heavy atom. The summed E-state index contributed by atoms with van der Waals surface area (Å²) < 4.78 is 5.22. The molecule has 0 saturated carbocycles. The monoisotopic (exact) mass is 281 g/mol. The van der Waals surface area contributed by atoms with Gasteiger partial charge in [0.15, 0.2) is 0 Å². The van der Waals surface area contributed by atoms with Crippen molar-refractivity contribution < 1.29 is 23.9 Å². The molecule has 0 aliphatic carbocycles. The van der Waals surface area contributed by atoms with Crippen molar-refractivity contribution in [1.29, 1.82) is 0 Å². The van der Waals surface area contributed by atoms with Crippen LogP contribution in [0.5, 0.6) is 0 Å². The molecule has 4 N–H and O–H groups in total. The summed E-state index contributed by atoms with van der Waals surface area (Å²) in [5.74, 6) is -0.517. The van der Waals surface area contributed by atoms with Gasteiger partial charge in [0.05, 0.1) is 12.6 Å². The molecule has 1 fully saturated rings. The van der Waals surface area contributed by atoms with Gasteiger partial charge >= 0.3 is 12.0 Å². The molecule has 108 valence electrons. The van der Waals surface area contributed by atoms with Crippen LogP contribution in [0.4, 0.5) is 4.79 Å². The number of carboxylic acids is 1. The number of carbonyl (C=O) groups excluding carboxylic acids is 2. The highest BCUT2D eigenvalue weighted by Crippen LogP contribution is 2.14. The van der Waals surface area contributed by atoms with Gasteiger partial charge < -0.3 is 25.5 Å². The Bertz CT molecular complexity index is 551. The maximum Gasteiger partial charge on any atom is 0.339 e. The molecule has 0 bridgehead atoms. The molecule has 1 aromatic rings. The van der Waals surface area contributed by atoms with Crippen molar-refractivity contribution in [3.05, 3.63) is 23.2 Å². The lowest BCUT2D eigenvalue weighted by molar-refractivity contribution is -0.119. The molecule has 1 aromatic heterocycles. The van der Waals surface area contributed by atoms with Crippen molar-refractivity contribution in [2.45, 2.75) is 25.9 Å². The molecule has 2 rings (SSSR count). The van der Waals surface area contributed by atoms with E-state index in [2.05, 4.69) is 16.0 Å². The topological polar surface area (TPSA) is 121 Å². The lowest BCUT2D eigenvalue weighted by Crippen LogP contribution is -2.42. The fourth-order valence-corrected chi connectivity index (χ4v) is 1.95. The normalized spacial score (nSPS) is 17.6. The van der Waals surface area contributed by atoms with E-state index >= 15 is 0 Å². The van der Waals surface area contributed by atoms with E-state index in [1.54, 1.807) is 6.92 Å². The van der Waals surface area contributed by atoms with E-state index in [0.29, 0.717) is 18.1 Å². The number of amides is 3. The summed E-state index contributed by atoms with van der Waals surface area (Å²) in [7, 11) is 0. The van der Waals surface area contributed by atoms with Crippen LogP contribution in [-0.4, -0.2) is 35.6 Å². The number of nitrogens with one attached hydrogen (secondary N) is 3. The standard InChI is InChI=1S/C12H15N3O5/c1-6-9(11(17)18)3-8(20-6)5-14-12(19)15-7-2-10(16)13-4-7/h3,7H,2,4-5H2,1H3,(H,13,16)(H,17,18)(H2,14,15,19). The maximum absolute atomic E-state index is 11.6. The molecule has 1 saturated heterocycles. The number of aryl methyl sites for hydroxylation is 1. The third-order valence-corrected chi connectivity index (χ3v) is 2.94. The van der Waals surface area contributed by atoms with Crippen LogP contribution in [0.15, 0.2) is 10.5 Å². The molecule has 1 aliphatic rings. The van der Waals surface area contributed by atoms with Crippen LogP contribution in [0.3, 0.4) is 0 Å². The number of furan rings is 1. The lowest BCUT2D eigenvalue weighted by Gasteiger charge is -2.10. The number of rotatable bonds is 4. The third-order valence-electron chi connectivity index (χ3n) is 2.94. The molecule has 3 amide bonds. The Labute approximate surface area is 114 Å². The molecular weight excluding hydrogens is 266 g/mol. The molecule has 0 spiro atoms. The average Bonchev–Trinajstić information content (AvgIpc) is 2.93. The summed E-state index contributed by atoms with van der Waals surface area (Å²) in [5.41, 5.74) is 0.0767. The molecule has 0 radical (unpaired) electrons. The quantitative estimate of drug-likeness (QED) is 0.618. The number of carbonyl (C=O) groups is 3. The minimum atomic E-state index is -1.07. The van der Waals surface area contributed by atoms with Gasteiger partial charge in [-0.15, -0.1) is 0 Å². The van der Waals surface area contributed by atoms with E-state index in [0.717, 1.165) is 0 Å². The SMILES string of the molecule is Cc1oc(CNC(=O)NC2CNC(=O)C2)cc1C(=O)O. The van der Waals surface area contributed by atoms with Crippen LogP contribution in [0, 0.1) is 6.92 Å². The van der Waals surface area contributed by atoms with E-state index in [1.807, 2.05) is 0 Å². The van der Waals surface area contributed by atoms with Crippen molar-refractivity contribution in [1.82, 2.24) is 16.0 Å². The predicted molar refractivity (Wildman–Crippen MR) is 67.2 cm³/mol. The fourth-order valence-electron chi connectivity index (χ4n) is 1.95. The second-order valence-corrected chi connectivity index (χ2v) is 4.52. The van der Waals surface area contributed by atoms with Crippen molar-refractivity contribution >= 4 is 17.9 Å². The van der Waals surface area contributed by atoms with Gasteiger partial charge in [0, 0.05) is 13.0 Å². The van der Waals surface area contributed by atoms with Crippen molar-refractivity contribution in [2.75, 3.05) is 6.54 Å². The zero-order valence-electron chi connectivity index (χ0n) is 10.9. The highest BCUT2D eigenvalue weighted by Gasteiger charge is 2.22. The van der Waals surface area contributed by atoms with Crippen LogP contribution < -0.4 is 16.0 Å². The molecule has 8 heteroatoms. The van der Waals surface area contributed by atoms with Gasteiger partial charge in [-0.25, -0.2) is 9.59 Å². The number of aromatic carboxylic acids is 1. The van der Waals surface area contributed by atoms with Gasteiger partial charge in [-0.05, 0) is 13.0 Å². The third kappa shape index (κ3) is 3.28. The number of hydrogen-bond acceptors (Lipinski definition) is 4. The molecule has 0 aromatic carbocycles. The van der Waals surface area contributed by atoms with E-state index in [4.69, 9.17) is 9.52 Å². The van der Waals surface area contributed by atoms with Gasteiger partial charge in [-0.1, -0.05) is 0 Å². The Morgan fingerprint density at radius 3 is 2.85 bits per heavy atom. The van der Waals surface area contributed by atoms with Crippen molar-refractivity contribution in [2.24, 2.45) is 0 Å². The fraction of sp³-hybridized carbons (Fsp3) is 0.417. The number of hydrogen-bond donors (Lipinski definition) is 4. The van der Waals surface area contributed by atoms with E-state index in [1.165, 1.54) is 6.07 Å². The Kier molecular flexibility index (Phi) is 3.92. The van der Waals surface area contributed by atoms with Crippen molar-refractivity contribution in [3.8, 4) is 0 Å². The van der Waals surface area contributed by atoms with Gasteiger partial charge in [0.1, 0.15) is 17.1 Å². The largest absolute Gasteiger partial charge is 0.478 e. The summed E-state index contributed by atoms with van der Waals surface area (Å²) >= 11 is 0. The number of carboxylic acid groups (broad SMARTS) is 1. The highest BCUT2D eigenvalue weighted by molar-refractivity contribution is 5.88. The van der Waals surface area contributed by atoms with Crippen LogP contribution in [0.25, 0.3) is 0 Å². The van der Waals surface area contributed by atoms with Crippen LogP contribution in [0.2, 0.25) is 0 Å². The Morgan fingerprint density at radius 2 is 2.30 bits per heavy atom. The average molecular weight is 281 g/mol. The minimum absolute atomic E-state index is 0.0767. The predicted octanol–water partition coefficient (Wildman–Crippen LogP) is -0.0261. The first kappa shape index (κ1) is 13.9. The first-order chi connectivity index (χ1) is 9.45. The second-order valence-electron chi connectivity index (χ2n) is 4.52. The van der Waals surface area contributed by atoms with Gasteiger partial charge in [0.25, 0.3) is 0 Å². The maximum atomic E-state index is 11.6. The van der Waals surface area contributed by atoms with Crippen LogP contribution in [0.1, 0.15) is 28.3 Å². The molecule has 20 heavy (non-hydrogen) atoms. The Balaban J connectivity index is 1.82. The molecular formula is C12H15N3O5. The van der Waals surface area contributed by atoms with Gasteiger partial charge in [0.2, 0.25) is 5.91 Å². The van der Waals surface area contributed by atoms with Crippen LogP contribution >= 0.6 is 0 Å². The molecule has 1 atom stereocenters. The van der Waals surface area contributed by atoms with Crippen LogP contribution in [-0.2, 0) is 11.3 Å². The summed E-state index contributed by atoms with van der Waals surface area (Å²) in [5, 5.41) is 16.7. The second kappa shape index (κ2) is 5.64. The van der Waals surface area contributed by atoms with Gasteiger partial charge in [-0.2, -0.15) is 0 Å². The molecule has 1 unspecified atom stereocenters. The summed E-state index contributed by atoms with van der Waals surface area (Å²) in [4.78, 5) is 33.4. The zero-order chi connectivity index (χ0) is 14.7. The highest BCUT2D eigenvalue weighted by atomic mass is 16.4. The Hall–Kier alpha value is -2.51. The first-order valence-corrected chi connectivity index (χ1v) is 6.09. The van der Waals surface area contributed by atoms with E-state index in [9.17, 15) is 14.4 Å². The molecule has 8 nitrogen and oxygen atoms in total. The zero-order valence-corrected chi connectivity index (χ0v) is 10.9. The molecule has 2 heterocycles. The molecule has 1 aliphatic heterocycles. The van der Waals surface area contributed by atoms with E-state index in [-0.39, 0.29) is 30.5 Å². The number of urea groups is 1. The summed E-state index contributed by atoms with van der Waals surface area (Å²) in [6.07, 6.45) is 0.260. The lowest BCUT2D eigenvalue weighted by atomic mass is 10.2. The van der Waals surface area contributed by atoms with E-state index < -0.39 is 12.0 Å². The van der Waals surface area contributed by atoms with Crippen molar-refractivity contribution in [3.63, 3.8) is 0 Å².